The molecular formula is C16H24ClN5OSi. The average molecular weight is 366 g/mol. The van der Waals surface area contributed by atoms with Gasteiger partial charge in [-0.2, -0.15) is 15.1 Å². The van der Waals surface area contributed by atoms with E-state index in [2.05, 4.69) is 40.0 Å². The van der Waals surface area contributed by atoms with Crippen LogP contribution in [0.3, 0.4) is 0 Å². The van der Waals surface area contributed by atoms with E-state index in [9.17, 15) is 0 Å². The Labute approximate surface area is 148 Å². The van der Waals surface area contributed by atoms with Crippen LogP contribution in [0.2, 0.25) is 31.0 Å². The van der Waals surface area contributed by atoms with Gasteiger partial charge in [-0.15, -0.1) is 0 Å². The molecule has 130 valence electrons. The summed E-state index contributed by atoms with van der Waals surface area (Å²) in [4.78, 5) is 8.74. The molecule has 24 heavy (non-hydrogen) atoms. The molecule has 2 bridgehead atoms. The number of rotatable bonds is 7. The second-order valence-corrected chi connectivity index (χ2v) is 14.4. The third-order valence-electron chi connectivity index (χ3n) is 5.10. The van der Waals surface area contributed by atoms with Crippen molar-refractivity contribution in [3.63, 3.8) is 0 Å². The molecule has 0 unspecified atom stereocenters. The summed E-state index contributed by atoms with van der Waals surface area (Å²) >= 11 is 6.14. The first-order valence-corrected chi connectivity index (χ1v) is 12.7. The highest BCUT2D eigenvalue weighted by molar-refractivity contribution is 6.76. The second-order valence-electron chi connectivity index (χ2n) is 8.45. The minimum Gasteiger partial charge on any atom is -0.364 e. The quantitative estimate of drug-likeness (QED) is 0.459. The summed E-state index contributed by atoms with van der Waals surface area (Å²) in [7, 11) is -1.08. The summed E-state index contributed by atoms with van der Waals surface area (Å²) in [6.45, 7) is 8.18. The molecule has 6 nitrogen and oxygen atoms in total. The van der Waals surface area contributed by atoms with E-state index in [1.54, 1.807) is 10.9 Å². The zero-order chi connectivity index (χ0) is 16.9. The van der Waals surface area contributed by atoms with E-state index in [1.807, 2.05) is 0 Å². The molecule has 0 aliphatic heterocycles. The van der Waals surface area contributed by atoms with Gasteiger partial charge in [-0.3, -0.25) is 0 Å². The van der Waals surface area contributed by atoms with Crippen molar-refractivity contribution in [3.8, 4) is 0 Å². The summed E-state index contributed by atoms with van der Waals surface area (Å²) in [6.07, 6.45) is 5.53. The van der Waals surface area contributed by atoms with Crippen LogP contribution in [0.15, 0.2) is 6.20 Å². The van der Waals surface area contributed by atoms with Gasteiger partial charge in [0.1, 0.15) is 12.5 Å². The number of nitrogens with zero attached hydrogens (tertiary/aromatic N) is 4. The summed E-state index contributed by atoms with van der Waals surface area (Å²) in [6, 6.07) is 1.14. The van der Waals surface area contributed by atoms with Crippen LogP contribution >= 0.6 is 11.6 Å². The maximum Gasteiger partial charge on any atom is 0.226 e. The van der Waals surface area contributed by atoms with Crippen LogP contribution in [0.4, 0.5) is 5.82 Å². The van der Waals surface area contributed by atoms with Gasteiger partial charge < -0.3 is 10.1 Å². The minimum absolute atomic E-state index is 0.241. The van der Waals surface area contributed by atoms with E-state index in [1.165, 1.54) is 19.3 Å². The Kier molecular flexibility index (Phi) is 3.85. The summed E-state index contributed by atoms with van der Waals surface area (Å²) < 4.78 is 7.56. The van der Waals surface area contributed by atoms with Gasteiger partial charge in [-0.1, -0.05) is 19.6 Å². The average Bonchev–Trinajstić information content (AvgIpc) is 2.79. The first kappa shape index (κ1) is 16.3. The van der Waals surface area contributed by atoms with Gasteiger partial charge in [0.25, 0.3) is 0 Å². The van der Waals surface area contributed by atoms with Crippen molar-refractivity contribution in [2.45, 2.75) is 57.2 Å². The number of ether oxygens (including phenoxy) is 1. The van der Waals surface area contributed by atoms with Crippen molar-refractivity contribution in [2.75, 3.05) is 11.9 Å². The predicted octanol–water partition coefficient (Wildman–Crippen LogP) is 3.76. The highest BCUT2D eigenvalue weighted by atomic mass is 35.5. The number of aromatic nitrogens is 4. The highest BCUT2D eigenvalue weighted by Crippen LogP contribution is 2.58. The molecule has 0 spiro atoms. The Bertz CT molecular complexity index is 755. The molecule has 3 aliphatic rings. The minimum atomic E-state index is -1.08. The van der Waals surface area contributed by atoms with E-state index in [4.69, 9.17) is 16.3 Å². The zero-order valence-electron chi connectivity index (χ0n) is 14.5. The fourth-order valence-electron chi connectivity index (χ4n) is 3.53. The van der Waals surface area contributed by atoms with Crippen molar-refractivity contribution in [1.82, 2.24) is 19.7 Å². The van der Waals surface area contributed by atoms with Gasteiger partial charge in [0, 0.05) is 20.2 Å². The summed E-state index contributed by atoms with van der Waals surface area (Å²) in [5.41, 5.74) is 0.975. The molecular weight excluding hydrogens is 342 g/mol. The zero-order valence-corrected chi connectivity index (χ0v) is 16.2. The first-order valence-electron chi connectivity index (χ1n) is 8.59. The molecule has 0 atom stereocenters. The molecule has 3 aliphatic carbocycles. The topological polar surface area (TPSA) is 64.9 Å². The fraction of sp³-hybridized carbons (Fsp3) is 0.688. The predicted molar refractivity (Wildman–Crippen MR) is 98.1 cm³/mol. The SMILES string of the molecule is C[Si](C)(C)CCOCn1ncc2c(NC34CC(C3)C4)nc(Cl)nc21. The van der Waals surface area contributed by atoms with E-state index < -0.39 is 8.07 Å². The normalized spacial score (nSPS) is 25.4. The van der Waals surface area contributed by atoms with Gasteiger partial charge in [0.15, 0.2) is 5.65 Å². The summed E-state index contributed by atoms with van der Waals surface area (Å²) in [5.74, 6) is 1.71. The van der Waals surface area contributed by atoms with Crippen LogP contribution < -0.4 is 5.32 Å². The van der Waals surface area contributed by atoms with Crippen molar-refractivity contribution < 1.29 is 4.74 Å². The lowest BCUT2D eigenvalue weighted by Crippen LogP contribution is -2.63. The number of hydrogen-bond acceptors (Lipinski definition) is 5. The van der Waals surface area contributed by atoms with Gasteiger partial charge in [-0.25, -0.2) is 4.68 Å². The van der Waals surface area contributed by atoms with Crippen LogP contribution in [0.5, 0.6) is 0 Å². The molecule has 0 aromatic carbocycles. The second kappa shape index (κ2) is 5.67. The van der Waals surface area contributed by atoms with Crippen LogP contribution in [-0.2, 0) is 11.5 Å². The lowest BCUT2D eigenvalue weighted by molar-refractivity contribution is 0.00193. The van der Waals surface area contributed by atoms with Crippen LogP contribution in [0, 0.1) is 5.92 Å². The summed E-state index contributed by atoms with van der Waals surface area (Å²) in [5, 5.41) is 9.17. The van der Waals surface area contributed by atoms with Crippen molar-refractivity contribution in [2.24, 2.45) is 5.92 Å². The van der Waals surface area contributed by atoms with E-state index >= 15 is 0 Å². The monoisotopic (exact) mass is 365 g/mol. The van der Waals surface area contributed by atoms with Crippen molar-refractivity contribution >= 4 is 36.5 Å². The molecule has 8 heteroatoms. The molecule has 0 amide bonds. The lowest BCUT2D eigenvalue weighted by Gasteiger charge is -2.62. The number of fused-ring (bicyclic) bond motifs is 1. The number of halogens is 1. The van der Waals surface area contributed by atoms with E-state index in [0.29, 0.717) is 6.73 Å². The highest BCUT2D eigenvalue weighted by Gasteiger charge is 2.56. The van der Waals surface area contributed by atoms with E-state index in [-0.39, 0.29) is 10.8 Å². The van der Waals surface area contributed by atoms with Crippen molar-refractivity contribution in [3.05, 3.63) is 11.5 Å². The fourth-order valence-corrected chi connectivity index (χ4v) is 4.45. The maximum atomic E-state index is 6.14. The van der Waals surface area contributed by atoms with Gasteiger partial charge >= 0.3 is 0 Å². The molecule has 0 saturated heterocycles. The Balaban J connectivity index is 1.49. The maximum absolute atomic E-state index is 6.14. The third kappa shape index (κ3) is 3.04. The number of hydrogen-bond donors (Lipinski definition) is 1. The smallest absolute Gasteiger partial charge is 0.226 e. The third-order valence-corrected chi connectivity index (χ3v) is 6.97. The molecule has 3 fully saturated rings. The van der Waals surface area contributed by atoms with E-state index in [0.717, 1.165) is 35.4 Å². The molecule has 5 rings (SSSR count). The van der Waals surface area contributed by atoms with Crippen LogP contribution in [0.1, 0.15) is 19.3 Å². The standard InChI is InChI=1S/C16H24ClN5OSi/c1-24(2,3)5-4-23-10-22-14-12(9-18-22)13(19-15(17)20-14)21-16-6-11(7-16)8-16/h9,11H,4-8,10H2,1-3H3,(H,19,20,21). The molecule has 2 aromatic heterocycles. The largest absolute Gasteiger partial charge is 0.364 e. The van der Waals surface area contributed by atoms with Crippen LogP contribution in [0.25, 0.3) is 11.0 Å². The molecule has 0 radical (unpaired) electrons. The Morgan fingerprint density at radius 1 is 1.33 bits per heavy atom. The van der Waals surface area contributed by atoms with Gasteiger partial charge in [-0.05, 0) is 42.8 Å². The van der Waals surface area contributed by atoms with Gasteiger partial charge in [0.2, 0.25) is 5.28 Å². The molecule has 3 saturated carbocycles. The number of nitrogens with one attached hydrogen (secondary N) is 1. The van der Waals surface area contributed by atoms with Crippen molar-refractivity contribution in [1.29, 1.82) is 0 Å². The molecule has 2 aromatic rings. The molecule has 2 heterocycles. The Morgan fingerprint density at radius 2 is 2.08 bits per heavy atom. The number of anilines is 1. The Hall–Kier alpha value is -1.18. The van der Waals surface area contributed by atoms with Gasteiger partial charge in [0.05, 0.1) is 11.6 Å². The first-order chi connectivity index (χ1) is 11.3. The lowest BCUT2D eigenvalue weighted by atomic mass is 9.50. The van der Waals surface area contributed by atoms with Crippen LogP contribution in [-0.4, -0.2) is 40.0 Å². The molecule has 1 N–H and O–H groups in total. The Morgan fingerprint density at radius 3 is 2.71 bits per heavy atom.